The maximum absolute atomic E-state index is 11.4. The van der Waals surface area contributed by atoms with Crippen LogP contribution in [0, 0.1) is 17.0 Å². The van der Waals surface area contributed by atoms with Gasteiger partial charge < -0.3 is 0 Å². The van der Waals surface area contributed by atoms with E-state index in [0.717, 1.165) is 28.2 Å². The first-order chi connectivity index (χ1) is 12.6. The minimum absolute atomic E-state index is 0.132. The van der Waals surface area contributed by atoms with Crippen LogP contribution in [0.5, 0.6) is 0 Å². The number of fused-ring (bicyclic) bond motifs is 3. The summed E-state index contributed by atoms with van der Waals surface area (Å²) in [7, 11) is 0. The van der Waals surface area contributed by atoms with Crippen molar-refractivity contribution in [2.24, 2.45) is 0 Å². The zero-order valence-electron chi connectivity index (χ0n) is 13.6. The molecule has 0 atom stereocenters. The van der Waals surface area contributed by atoms with Gasteiger partial charge in [-0.25, -0.2) is 0 Å². The predicted molar refractivity (Wildman–Crippen MR) is 97.8 cm³/mol. The van der Waals surface area contributed by atoms with Crippen LogP contribution in [0.15, 0.2) is 58.6 Å². The van der Waals surface area contributed by atoms with Gasteiger partial charge in [0, 0.05) is 17.0 Å². The summed E-state index contributed by atoms with van der Waals surface area (Å²) in [5.74, 6) is 0. The molecule has 4 rings (SSSR count). The molecule has 128 valence electrons. The average Bonchev–Trinajstić information content (AvgIpc) is 3.04. The Morgan fingerprint density at radius 3 is 2.73 bits per heavy atom. The lowest BCUT2D eigenvalue weighted by Gasteiger charge is -2.07. The molecule has 2 aromatic carbocycles. The first kappa shape index (κ1) is 16.2. The average molecular weight is 364 g/mol. The maximum atomic E-state index is 11.4. The van der Waals surface area contributed by atoms with Crippen LogP contribution in [-0.4, -0.2) is 25.8 Å². The Balaban J connectivity index is 1.90. The van der Waals surface area contributed by atoms with Crippen molar-refractivity contribution in [3.05, 3.63) is 69.8 Å². The predicted octanol–water partition coefficient (Wildman–Crippen LogP) is 4.06. The first-order valence-corrected chi connectivity index (χ1v) is 8.55. The van der Waals surface area contributed by atoms with E-state index >= 15 is 0 Å². The summed E-state index contributed by atoms with van der Waals surface area (Å²) < 4.78 is 1.88. The number of para-hydroxylation sites is 1. The Morgan fingerprint density at radius 1 is 1.15 bits per heavy atom. The highest BCUT2D eigenvalue weighted by molar-refractivity contribution is 7.99. The molecule has 0 saturated carbocycles. The fourth-order valence-electron chi connectivity index (χ4n) is 2.88. The maximum Gasteiger partial charge on any atom is 0.284 e. The van der Waals surface area contributed by atoms with Crippen LogP contribution in [0.25, 0.3) is 16.6 Å². The molecule has 0 spiro atoms. The third-order valence-electron chi connectivity index (χ3n) is 4.09. The number of hydrogen-bond acceptors (Lipinski definition) is 6. The second kappa shape index (κ2) is 6.23. The van der Waals surface area contributed by atoms with E-state index in [9.17, 15) is 14.9 Å². The molecule has 4 aromatic rings. The summed E-state index contributed by atoms with van der Waals surface area (Å²) in [6.45, 7) is 2.01. The SMILES string of the molecule is Cc1cc2nnc(Sc3ccc(C=O)cc3[N+](=O)[O-])n2c2ccccc12. The van der Waals surface area contributed by atoms with Gasteiger partial charge in [0.05, 0.1) is 15.3 Å². The van der Waals surface area contributed by atoms with E-state index in [2.05, 4.69) is 10.2 Å². The van der Waals surface area contributed by atoms with E-state index in [1.807, 2.05) is 41.7 Å². The lowest BCUT2D eigenvalue weighted by Crippen LogP contribution is -1.95. The number of carbonyl (C=O) groups excluding carboxylic acids is 1. The Kier molecular flexibility index (Phi) is 3.89. The van der Waals surface area contributed by atoms with Gasteiger partial charge >= 0.3 is 0 Å². The number of benzene rings is 2. The zero-order valence-corrected chi connectivity index (χ0v) is 14.4. The van der Waals surface area contributed by atoms with Crippen molar-refractivity contribution in [2.75, 3.05) is 0 Å². The summed E-state index contributed by atoms with van der Waals surface area (Å²) in [6.07, 6.45) is 0.588. The van der Waals surface area contributed by atoms with Gasteiger partial charge in [-0.3, -0.25) is 19.3 Å². The van der Waals surface area contributed by atoms with E-state index in [0.29, 0.717) is 22.0 Å². The van der Waals surface area contributed by atoms with E-state index in [1.165, 1.54) is 6.07 Å². The molecule has 8 heteroatoms. The second-order valence-corrected chi connectivity index (χ2v) is 6.73. The van der Waals surface area contributed by atoms with Crippen molar-refractivity contribution in [2.45, 2.75) is 17.0 Å². The number of rotatable bonds is 4. The molecule has 0 aliphatic heterocycles. The topological polar surface area (TPSA) is 90.4 Å². The monoisotopic (exact) mass is 364 g/mol. The molecule has 0 amide bonds. The summed E-state index contributed by atoms with van der Waals surface area (Å²) in [5.41, 5.74) is 2.82. The number of nitro groups is 1. The van der Waals surface area contributed by atoms with Crippen LogP contribution in [0.3, 0.4) is 0 Å². The molecule has 0 unspecified atom stereocenters. The van der Waals surface area contributed by atoms with Crippen molar-refractivity contribution < 1.29 is 9.72 Å². The van der Waals surface area contributed by atoms with Crippen LogP contribution in [0.1, 0.15) is 15.9 Å². The number of aryl methyl sites for hydroxylation is 1. The number of pyridine rings is 1. The first-order valence-electron chi connectivity index (χ1n) is 7.73. The van der Waals surface area contributed by atoms with Crippen LogP contribution < -0.4 is 0 Å². The number of aromatic nitrogens is 3. The van der Waals surface area contributed by atoms with Crippen LogP contribution in [-0.2, 0) is 0 Å². The summed E-state index contributed by atoms with van der Waals surface area (Å²) in [4.78, 5) is 22.2. The van der Waals surface area contributed by atoms with Crippen LogP contribution >= 0.6 is 11.8 Å². The third-order valence-corrected chi connectivity index (χ3v) is 5.10. The molecule has 2 heterocycles. The number of carbonyl (C=O) groups is 1. The highest BCUT2D eigenvalue weighted by Gasteiger charge is 2.19. The van der Waals surface area contributed by atoms with Gasteiger partial charge in [0.25, 0.3) is 5.69 Å². The van der Waals surface area contributed by atoms with Crippen LogP contribution in [0.2, 0.25) is 0 Å². The van der Waals surface area contributed by atoms with E-state index in [-0.39, 0.29) is 11.3 Å². The molecule has 0 saturated heterocycles. The van der Waals surface area contributed by atoms with Gasteiger partial charge in [0.15, 0.2) is 5.65 Å². The molecule has 7 nitrogen and oxygen atoms in total. The Morgan fingerprint density at radius 2 is 1.96 bits per heavy atom. The fraction of sp³-hybridized carbons (Fsp3) is 0.0556. The van der Waals surface area contributed by atoms with E-state index in [1.54, 1.807) is 12.1 Å². The van der Waals surface area contributed by atoms with Gasteiger partial charge in [0.1, 0.15) is 6.29 Å². The molecular weight excluding hydrogens is 352 g/mol. The minimum atomic E-state index is -0.499. The highest BCUT2D eigenvalue weighted by Crippen LogP contribution is 2.35. The molecule has 0 aliphatic rings. The minimum Gasteiger partial charge on any atom is -0.298 e. The smallest absolute Gasteiger partial charge is 0.284 e. The summed E-state index contributed by atoms with van der Waals surface area (Å²) >= 11 is 1.15. The second-order valence-electron chi connectivity index (χ2n) is 5.72. The van der Waals surface area contributed by atoms with Gasteiger partial charge in [0.2, 0.25) is 5.16 Å². The number of hydrogen-bond donors (Lipinski definition) is 0. The molecule has 0 N–H and O–H groups in total. The quantitative estimate of drug-likeness (QED) is 0.308. The van der Waals surface area contributed by atoms with Gasteiger partial charge in [-0.15, -0.1) is 10.2 Å². The molecule has 0 bridgehead atoms. The number of aldehydes is 1. The molecular formula is C18H12N4O3S. The third kappa shape index (κ3) is 2.60. The number of nitrogens with zero attached hydrogens (tertiary/aromatic N) is 4. The molecule has 0 aliphatic carbocycles. The Labute approximate surface area is 151 Å². The van der Waals surface area contributed by atoms with Gasteiger partial charge in [-0.05, 0) is 42.4 Å². The van der Waals surface area contributed by atoms with Crippen molar-refractivity contribution in [1.82, 2.24) is 14.6 Å². The molecule has 0 radical (unpaired) electrons. The largest absolute Gasteiger partial charge is 0.298 e. The number of nitro benzene ring substituents is 1. The lowest BCUT2D eigenvalue weighted by atomic mass is 10.1. The zero-order chi connectivity index (χ0) is 18.3. The highest BCUT2D eigenvalue weighted by atomic mass is 32.2. The normalized spacial score (nSPS) is 11.1. The summed E-state index contributed by atoms with van der Waals surface area (Å²) in [6, 6.07) is 14.2. The van der Waals surface area contributed by atoms with Crippen molar-refractivity contribution >= 4 is 40.3 Å². The van der Waals surface area contributed by atoms with Crippen molar-refractivity contribution in [3.8, 4) is 0 Å². The Hall–Kier alpha value is -3.26. The molecule has 0 fully saturated rings. The van der Waals surface area contributed by atoms with Gasteiger partial charge in [-0.2, -0.15) is 0 Å². The standard InChI is InChI=1S/C18H12N4O3S/c1-11-8-17-19-20-18(21(17)14-5-3-2-4-13(11)14)26-16-7-6-12(10-23)9-15(16)22(24)25/h2-10H,1H3. The molecule has 2 aromatic heterocycles. The van der Waals surface area contributed by atoms with E-state index in [4.69, 9.17) is 0 Å². The Bertz CT molecular complexity index is 1190. The fourth-order valence-corrected chi connectivity index (χ4v) is 3.81. The van der Waals surface area contributed by atoms with Gasteiger partial charge in [-0.1, -0.05) is 24.3 Å². The van der Waals surface area contributed by atoms with Crippen molar-refractivity contribution in [3.63, 3.8) is 0 Å². The summed E-state index contributed by atoms with van der Waals surface area (Å²) in [5, 5.41) is 21.4. The lowest BCUT2D eigenvalue weighted by molar-refractivity contribution is -0.387. The van der Waals surface area contributed by atoms with Crippen LogP contribution in [0.4, 0.5) is 5.69 Å². The van der Waals surface area contributed by atoms with E-state index < -0.39 is 4.92 Å². The molecule has 26 heavy (non-hydrogen) atoms. The van der Waals surface area contributed by atoms with Crippen molar-refractivity contribution in [1.29, 1.82) is 0 Å².